The molecule has 22 heavy (non-hydrogen) atoms. The van der Waals surface area contributed by atoms with Gasteiger partial charge in [0.15, 0.2) is 0 Å². The summed E-state index contributed by atoms with van der Waals surface area (Å²) in [6, 6.07) is 4.26. The molecule has 116 valence electrons. The molecule has 1 aromatic carbocycles. The second-order valence-corrected chi connectivity index (χ2v) is 7.28. The lowest BCUT2D eigenvalue weighted by Crippen LogP contribution is -2.13. The first-order chi connectivity index (χ1) is 10.6. The van der Waals surface area contributed by atoms with Crippen molar-refractivity contribution in [3.05, 3.63) is 39.1 Å². The molecule has 4 nitrogen and oxygen atoms in total. The van der Waals surface area contributed by atoms with E-state index in [-0.39, 0.29) is 5.56 Å². The molecule has 7 heteroatoms. The van der Waals surface area contributed by atoms with Crippen molar-refractivity contribution in [3.63, 3.8) is 0 Å². The van der Waals surface area contributed by atoms with Crippen molar-refractivity contribution in [2.24, 2.45) is 0 Å². The number of nitrogens with zero attached hydrogens (tertiary/aromatic N) is 2. The van der Waals surface area contributed by atoms with Gasteiger partial charge in [-0.05, 0) is 31.0 Å². The van der Waals surface area contributed by atoms with Crippen molar-refractivity contribution >= 4 is 38.3 Å². The van der Waals surface area contributed by atoms with Gasteiger partial charge in [-0.1, -0.05) is 46.5 Å². The molecule has 0 bridgehead atoms. The van der Waals surface area contributed by atoms with Gasteiger partial charge in [-0.3, -0.25) is 10.1 Å². The zero-order valence-electron chi connectivity index (χ0n) is 11.8. The van der Waals surface area contributed by atoms with E-state index in [1.165, 1.54) is 42.7 Å². The highest BCUT2D eigenvalue weighted by atomic mass is 79.9. The first kappa shape index (κ1) is 15.6. The Labute approximate surface area is 140 Å². The quantitative estimate of drug-likeness (QED) is 0.832. The zero-order valence-corrected chi connectivity index (χ0v) is 14.2. The van der Waals surface area contributed by atoms with E-state index in [1.54, 1.807) is 6.07 Å². The smallest absolute Gasteiger partial charge is 0.260 e. The van der Waals surface area contributed by atoms with Gasteiger partial charge >= 0.3 is 0 Å². The van der Waals surface area contributed by atoms with Gasteiger partial charge in [-0.25, -0.2) is 4.39 Å². The van der Waals surface area contributed by atoms with E-state index >= 15 is 0 Å². The third-order valence-electron chi connectivity index (χ3n) is 3.79. The lowest BCUT2D eigenvalue weighted by molar-refractivity contribution is 0.102. The average molecular weight is 384 g/mol. The Bertz CT molecular complexity index is 685. The van der Waals surface area contributed by atoms with Crippen LogP contribution in [-0.2, 0) is 0 Å². The number of amides is 1. The number of nitrogens with one attached hydrogen (secondary N) is 1. The number of hydrogen-bond donors (Lipinski definition) is 1. The van der Waals surface area contributed by atoms with Crippen molar-refractivity contribution in [3.8, 4) is 0 Å². The standard InChI is InChI=1S/C15H15BrFN3OS/c16-10-6-7-12(17)11(8-10)13(21)18-15-20-19-14(22-15)9-4-2-1-3-5-9/h6-9H,1-5H2,(H,18,20,21). The highest BCUT2D eigenvalue weighted by molar-refractivity contribution is 9.10. The number of hydrogen-bond acceptors (Lipinski definition) is 4. The molecule has 1 fully saturated rings. The minimum absolute atomic E-state index is 0.0104. The highest BCUT2D eigenvalue weighted by Crippen LogP contribution is 2.35. The molecule has 0 radical (unpaired) electrons. The minimum Gasteiger partial charge on any atom is -0.296 e. The molecule has 0 atom stereocenters. The molecular weight excluding hydrogens is 369 g/mol. The molecule has 1 aromatic heterocycles. The molecule has 1 saturated carbocycles. The molecule has 1 amide bonds. The maximum Gasteiger partial charge on any atom is 0.260 e. The van der Waals surface area contributed by atoms with Crippen LogP contribution in [0.2, 0.25) is 0 Å². The summed E-state index contributed by atoms with van der Waals surface area (Å²) in [4.78, 5) is 12.1. The number of anilines is 1. The molecule has 1 aliphatic carbocycles. The number of carbonyl (C=O) groups excluding carboxylic acids is 1. The van der Waals surface area contributed by atoms with Gasteiger partial charge in [-0.15, -0.1) is 10.2 Å². The van der Waals surface area contributed by atoms with Crippen LogP contribution < -0.4 is 5.32 Å². The van der Waals surface area contributed by atoms with Crippen LogP contribution in [0.5, 0.6) is 0 Å². The average Bonchev–Trinajstić information content (AvgIpc) is 2.99. The van der Waals surface area contributed by atoms with Crippen LogP contribution in [0.15, 0.2) is 22.7 Å². The van der Waals surface area contributed by atoms with Crippen LogP contribution in [0.25, 0.3) is 0 Å². The van der Waals surface area contributed by atoms with Crippen LogP contribution in [-0.4, -0.2) is 16.1 Å². The summed E-state index contributed by atoms with van der Waals surface area (Å²) in [5, 5.41) is 12.2. The third kappa shape index (κ3) is 3.52. The molecule has 1 N–H and O–H groups in total. The van der Waals surface area contributed by atoms with E-state index < -0.39 is 11.7 Å². The first-order valence-corrected chi connectivity index (χ1v) is 8.84. The molecule has 0 aliphatic heterocycles. The molecule has 0 spiro atoms. The Morgan fingerprint density at radius 3 is 2.82 bits per heavy atom. The lowest BCUT2D eigenvalue weighted by atomic mass is 9.90. The van der Waals surface area contributed by atoms with E-state index in [0.717, 1.165) is 17.8 Å². The summed E-state index contributed by atoms with van der Waals surface area (Å²) in [6.45, 7) is 0. The predicted octanol–water partition coefficient (Wildman–Crippen LogP) is 4.74. The highest BCUT2D eigenvalue weighted by Gasteiger charge is 2.21. The fraction of sp³-hybridized carbons (Fsp3) is 0.400. The number of halogens is 2. The number of carbonyl (C=O) groups is 1. The van der Waals surface area contributed by atoms with Gasteiger partial charge in [0, 0.05) is 10.4 Å². The fourth-order valence-corrected chi connectivity index (χ4v) is 3.90. The number of aromatic nitrogens is 2. The van der Waals surface area contributed by atoms with Gasteiger partial charge in [-0.2, -0.15) is 0 Å². The topological polar surface area (TPSA) is 54.9 Å². The second-order valence-electron chi connectivity index (χ2n) is 5.36. The molecule has 1 aliphatic rings. The number of benzene rings is 1. The summed E-state index contributed by atoms with van der Waals surface area (Å²) in [6.07, 6.45) is 5.97. The monoisotopic (exact) mass is 383 g/mol. The predicted molar refractivity (Wildman–Crippen MR) is 87.8 cm³/mol. The summed E-state index contributed by atoms with van der Waals surface area (Å²) in [5.74, 6) is -0.623. The Hall–Kier alpha value is -1.34. The normalized spacial score (nSPS) is 15.7. The van der Waals surface area contributed by atoms with E-state index in [0.29, 0.717) is 15.5 Å². The van der Waals surface area contributed by atoms with Crippen LogP contribution in [0.1, 0.15) is 53.4 Å². The zero-order chi connectivity index (χ0) is 15.5. The Balaban J connectivity index is 1.71. The molecule has 1 heterocycles. The summed E-state index contributed by atoms with van der Waals surface area (Å²) in [5.41, 5.74) is -0.0104. The molecule has 2 aromatic rings. The third-order valence-corrected chi connectivity index (χ3v) is 5.28. The SMILES string of the molecule is O=C(Nc1nnc(C2CCCCC2)s1)c1cc(Br)ccc1F. The molecular formula is C15H15BrFN3OS. The molecule has 3 rings (SSSR count). The fourth-order valence-electron chi connectivity index (χ4n) is 2.64. The van der Waals surface area contributed by atoms with Gasteiger partial charge in [0.05, 0.1) is 5.56 Å². The molecule has 0 unspecified atom stereocenters. The Morgan fingerprint density at radius 1 is 1.27 bits per heavy atom. The summed E-state index contributed by atoms with van der Waals surface area (Å²) >= 11 is 4.62. The lowest BCUT2D eigenvalue weighted by Gasteiger charge is -2.18. The van der Waals surface area contributed by atoms with E-state index in [9.17, 15) is 9.18 Å². The van der Waals surface area contributed by atoms with Crippen LogP contribution in [0.3, 0.4) is 0 Å². The van der Waals surface area contributed by atoms with Crippen molar-refractivity contribution in [1.29, 1.82) is 0 Å². The second kappa shape index (κ2) is 6.83. The van der Waals surface area contributed by atoms with Crippen LogP contribution in [0, 0.1) is 5.82 Å². The van der Waals surface area contributed by atoms with E-state index in [4.69, 9.17) is 0 Å². The van der Waals surface area contributed by atoms with Crippen LogP contribution in [0.4, 0.5) is 9.52 Å². The maximum atomic E-state index is 13.7. The minimum atomic E-state index is -0.558. The van der Waals surface area contributed by atoms with Gasteiger partial charge in [0.25, 0.3) is 5.91 Å². The largest absolute Gasteiger partial charge is 0.296 e. The van der Waals surface area contributed by atoms with Crippen molar-refractivity contribution in [2.75, 3.05) is 5.32 Å². The van der Waals surface area contributed by atoms with Gasteiger partial charge in [0.1, 0.15) is 10.8 Å². The van der Waals surface area contributed by atoms with Gasteiger partial charge in [0.2, 0.25) is 5.13 Å². The van der Waals surface area contributed by atoms with Crippen molar-refractivity contribution in [1.82, 2.24) is 10.2 Å². The Kier molecular flexibility index (Phi) is 4.83. The van der Waals surface area contributed by atoms with Crippen LogP contribution >= 0.6 is 27.3 Å². The summed E-state index contributed by atoms with van der Waals surface area (Å²) < 4.78 is 14.4. The van der Waals surface area contributed by atoms with Crippen molar-refractivity contribution in [2.45, 2.75) is 38.0 Å². The van der Waals surface area contributed by atoms with E-state index in [2.05, 4.69) is 31.4 Å². The maximum absolute atomic E-state index is 13.7. The number of rotatable bonds is 3. The van der Waals surface area contributed by atoms with E-state index in [1.807, 2.05) is 0 Å². The summed E-state index contributed by atoms with van der Waals surface area (Å²) in [7, 11) is 0. The Morgan fingerprint density at radius 2 is 2.05 bits per heavy atom. The molecule has 0 saturated heterocycles. The first-order valence-electron chi connectivity index (χ1n) is 7.23. The van der Waals surface area contributed by atoms with Crippen molar-refractivity contribution < 1.29 is 9.18 Å². The van der Waals surface area contributed by atoms with Gasteiger partial charge < -0.3 is 0 Å².